The van der Waals surface area contributed by atoms with Crippen LogP contribution in [0.15, 0.2) is 41.3 Å². The zero-order chi connectivity index (χ0) is 16.3. The number of amides is 3. The molecule has 2 N–H and O–H groups in total. The molecule has 116 valence electrons. The number of hydrogen-bond donors (Lipinski definition) is 2. The molecule has 1 aliphatic heterocycles. The summed E-state index contributed by atoms with van der Waals surface area (Å²) in [6, 6.07) is 5.50. The summed E-state index contributed by atoms with van der Waals surface area (Å²) in [5.41, 5.74) is 1.92. The van der Waals surface area contributed by atoms with Crippen molar-refractivity contribution in [3.05, 3.63) is 42.0 Å². The number of carbonyl (C=O) groups is 3. The Morgan fingerprint density at radius 3 is 2.32 bits per heavy atom. The van der Waals surface area contributed by atoms with E-state index in [-0.39, 0.29) is 17.0 Å². The van der Waals surface area contributed by atoms with E-state index in [9.17, 15) is 22.8 Å². The Hall–Kier alpha value is -2.52. The van der Waals surface area contributed by atoms with Gasteiger partial charge in [0.1, 0.15) is 0 Å². The molecule has 3 amide bonds. The first-order valence-electron chi connectivity index (χ1n) is 6.32. The molecule has 0 fully saturated rings. The van der Waals surface area contributed by atoms with Crippen molar-refractivity contribution in [1.82, 2.24) is 15.2 Å². The number of nitrogens with one attached hydrogen (secondary N) is 2. The van der Waals surface area contributed by atoms with E-state index in [0.29, 0.717) is 5.01 Å². The minimum atomic E-state index is -3.86. The van der Waals surface area contributed by atoms with Gasteiger partial charge >= 0.3 is 0 Å². The summed E-state index contributed by atoms with van der Waals surface area (Å²) < 4.78 is 26.4. The fourth-order valence-electron chi connectivity index (χ4n) is 1.83. The van der Waals surface area contributed by atoms with Crippen molar-refractivity contribution in [1.29, 1.82) is 0 Å². The molecule has 22 heavy (non-hydrogen) atoms. The smallest absolute Gasteiger partial charge is 0.267 e. The van der Waals surface area contributed by atoms with Crippen LogP contribution >= 0.6 is 0 Å². The molecule has 9 heteroatoms. The predicted octanol–water partition coefficient (Wildman–Crippen LogP) is -0.445. The van der Waals surface area contributed by atoms with Crippen LogP contribution in [0.3, 0.4) is 0 Å². The summed E-state index contributed by atoms with van der Waals surface area (Å²) in [6.07, 6.45) is 2.01. The third-order valence-electron chi connectivity index (χ3n) is 2.78. The van der Waals surface area contributed by atoms with Gasteiger partial charge in [-0.25, -0.2) is 13.1 Å². The van der Waals surface area contributed by atoms with Crippen LogP contribution in [0.25, 0.3) is 0 Å². The molecule has 8 nitrogen and oxygen atoms in total. The molecule has 1 heterocycles. The maximum absolute atomic E-state index is 12.2. The van der Waals surface area contributed by atoms with Gasteiger partial charge in [0.15, 0.2) is 0 Å². The van der Waals surface area contributed by atoms with Crippen LogP contribution < -0.4 is 10.1 Å². The van der Waals surface area contributed by atoms with E-state index in [2.05, 4.69) is 10.1 Å². The predicted molar refractivity (Wildman–Crippen MR) is 75.8 cm³/mol. The van der Waals surface area contributed by atoms with E-state index >= 15 is 0 Å². The Labute approximate surface area is 126 Å². The molecule has 0 saturated carbocycles. The number of benzene rings is 1. The number of sulfonamides is 1. The lowest BCUT2D eigenvalue weighted by Gasteiger charge is -2.16. The number of imide groups is 1. The molecule has 0 aliphatic carbocycles. The Morgan fingerprint density at radius 2 is 1.73 bits per heavy atom. The molecule has 0 unspecified atom stereocenters. The second kappa shape index (κ2) is 6.08. The molecule has 0 saturated heterocycles. The maximum Gasteiger partial charge on any atom is 0.272 e. The van der Waals surface area contributed by atoms with Crippen LogP contribution in [0.2, 0.25) is 0 Å². The Balaban J connectivity index is 2.32. The fraction of sp³-hybridized carbons (Fsp3) is 0.154. The number of hydrogen-bond acceptors (Lipinski definition) is 5. The molecule has 1 aromatic rings. The normalized spacial score (nSPS) is 14.5. The summed E-state index contributed by atoms with van der Waals surface area (Å²) in [5.74, 6) is -2.28. The van der Waals surface area contributed by atoms with E-state index in [1.54, 1.807) is 6.92 Å². The van der Waals surface area contributed by atoms with Gasteiger partial charge in [-0.1, -0.05) is 19.1 Å². The van der Waals surface area contributed by atoms with Gasteiger partial charge in [-0.05, 0) is 12.1 Å². The van der Waals surface area contributed by atoms with Crippen molar-refractivity contribution in [3.63, 3.8) is 0 Å². The topological polar surface area (TPSA) is 113 Å². The molecule has 0 radical (unpaired) electrons. The Bertz CT molecular complexity index is 752. The van der Waals surface area contributed by atoms with Gasteiger partial charge in [-0.15, -0.1) is 0 Å². The minimum Gasteiger partial charge on any atom is -0.267 e. The number of nitrogens with zero attached hydrogens (tertiary/aromatic N) is 1. The van der Waals surface area contributed by atoms with Crippen molar-refractivity contribution in [3.8, 4) is 0 Å². The molecule has 0 spiro atoms. The largest absolute Gasteiger partial charge is 0.272 e. The lowest BCUT2D eigenvalue weighted by Crippen LogP contribution is -2.46. The van der Waals surface area contributed by atoms with Gasteiger partial charge < -0.3 is 0 Å². The maximum atomic E-state index is 12.2. The molecule has 0 aromatic heterocycles. The van der Waals surface area contributed by atoms with Crippen LogP contribution in [0.5, 0.6) is 0 Å². The van der Waals surface area contributed by atoms with Gasteiger partial charge in [0.05, 0.1) is 10.5 Å². The van der Waals surface area contributed by atoms with Crippen molar-refractivity contribution in [2.24, 2.45) is 0 Å². The summed E-state index contributed by atoms with van der Waals surface area (Å²) in [5, 5.41) is 0.513. The van der Waals surface area contributed by atoms with Crippen LogP contribution in [0, 0.1) is 0 Å². The van der Waals surface area contributed by atoms with Crippen molar-refractivity contribution < 1.29 is 22.8 Å². The van der Waals surface area contributed by atoms with Gasteiger partial charge in [-0.3, -0.25) is 19.8 Å². The van der Waals surface area contributed by atoms with Crippen molar-refractivity contribution in [2.75, 3.05) is 6.54 Å². The second-order valence-electron chi connectivity index (χ2n) is 4.28. The highest BCUT2D eigenvalue weighted by molar-refractivity contribution is 7.89. The lowest BCUT2D eigenvalue weighted by molar-refractivity contribution is -0.139. The summed E-state index contributed by atoms with van der Waals surface area (Å²) >= 11 is 0. The number of rotatable bonds is 5. The number of carbonyl (C=O) groups excluding carboxylic acids is 3. The Morgan fingerprint density at radius 1 is 1.14 bits per heavy atom. The highest BCUT2D eigenvalue weighted by atomic mass is 32.2. The summed E-state index contributed by atoms with van der Waals surface area (Å²) in [7, 11) is -3.86. The van der Waals surface area contributed by atoms with Crippen LogP contribution in [-0.2, 0) is 19.6 Å². The zero-order valence-electron chi connectivity index (χ0n) is 11.6. The monoisotopic (exact) mass is 323 g/mol. The van der Waals surface area contributed by atoms with Crippen molar-refractivity contribution in [2.45, 2.75) is 11.8 Å². The molecule has 0 atom stereocenters. The third-order valence-corrected chi connectivity index (χ3v) is 4.38. The van der Waals surface area contributed by atoms with E-state index in [0.717, 1.165) is 12.2 Å². The molecule has 0 bridgehead atoms. The molecule has 2 rings (SSSR count). The summed E-state index contributed by atoms with van der Waals surface area (Å²) in [6.45, 7) is 1.76. The molecule has 1 aliphatic rings. The fourth-order valence-corrected chi connectivity index (χ4v) is 3.07. The van der Waals surface area contributed by atoms with Gasteiger partial charge in [0.25, 0.3) is 17.7 Å². The van der Waals surface area contributed by atoms with E-state index < -0.39 is 27.7 Å². The molecular formula is C13H13N3O5S. The van der Waals surface area contributed by atoms with Crippen molar-refractivity contribution >= 4 is 27.7 Å². The zero-order valence-corrected chi connectivity index (χ0v) is 12.4. The SMILES string of the molecule is CCNS(=O)(=O)c1ccccc1C(=O)NN1C(=O)C=CC1=O. The average Bonchev–Trinajstić information content (AvgIpc) is 2.79. The van der Waals surface area contributed by atoms with Crippen LogP contribution in [0.4, 0.5) is 0 Å². The first kappa shape index (κ1) is 15.9. The first-order chi connectivity index (χ1) is 10.4. The van der Waals surface area contributed by atoms with Gasteiger partial charge in [0, 0.05) is 18.7 Å². The van der Waals surface area contributed by atoms with Crippen LogP contribution in [0.1, 0.15) is 17.3 Å². The van der Waals surface area contributed by atoms with E-state index in [1.165, 1.54) is 24.3 Å². The van der Waals surface area contributed by atoms with E-state index in [1.807, 2.05) is 0 Å². The molecule has 1 aromatic carbocycles. The van der Waals surface area contributed by atoms with Crippen LogP contribution in [-0.4, -0.2) is 37.7 Å². The third kappa shape index (κ3) is 3.05. The average molecular weight is 323 g/mol. The van der Waals surface area contributed by atoms with E-state index in [4.69, 9.17) is 0 Å². The molecular weight excluding hydrogens is 310 g/mol. The standard InChI is InChI=1S/C13H13N3O5S/c1-2-14-22(20,21)10-6-4-3-5-9(10)13(19)15-16-11(17)7-8-12(16)18/h3-8,14H,2H2,1H3,(H,15,19). The highest BCUT2D eigenvalue weighted by Crippen LogP contribution is 2.15. The highest BCUT2D eigenvalue weighted by Gasteiger charge is 2.28. The summed E-state index contributed by atoms with van der Waals surface area (Å²) in [4.78, 5) is 34.8. The Kier molecular flexibility index (Phi) is 4.38. The first-order valence-corrected chi connectivity index (χ1v) is 7.81. The van der Waals surface area contributed by atoms with Gasteiger partial charge in [-0.2, -0.15) is 5.01 Å². The quantitative estimate of drug-likeness (QED) is 0.713. The van der Waals surface area contributed by atoms with Gasteiger partial charge in [0.2, 0.25) is 10.0 Å². The number of hydrazine groups is 1. The lowest BCUT2D eigenvalue weighted by atomic mass is 10.2. The second-order valence-corrected chi connectivity index (χ2v) is 6.02. The minimum absolute atomic E-state index is 0.158.